The summed E-state index contributed by atoms with van der Waals surface area (Å²) in [7, 11) is 0. The smallest absolute Gasteiger partial charge is 0.416 e. The summed E-state index contributed by atoms with van der Waals surface area (Å²) in [5.74, 6) is 0.640. The van der Waals surface area contributed by atoms with E-state index in [0.29, 0.717) is 35.8 Å². The van der Waals surface area contributed by atoms with Crippen molar-refractivity contribution >= 4 is 5.91 Å². The van der Waals surface area contributed by atoms with Gasteiger partial charge in [-0.1, -0.05) is 12.1 Å². The van der Waals surface area contributed by atoms with Gasteiger partial charge in [0.15, 0.2) is 11.5 Å². The Balaban J connectivity index is 1.74. The van der Waals surface area contributed by atoms with Crippen molar-refractivity contribution in [1.29, 1.82) is 0 Å². The van der Waals surface area contributed by atoms with E-state index in [4.69, 9.17) is 9.47 Å². The monoisotopic (exact) mass is 351 g/mol. The van der Waals surface area contributed by atoms with Crippen LogP contribution < -0.4 is 14.8 Å². The number of hydrogen-bond donors (Lipinski definition) is 1. The van der Waals surface area contributed by atoms with Crippen molar-refractivity contribution in [2.75, 3.05) is 13.2 Å². The van der Waals surface area contributed by atoms with Crippen molar-refractivity contribution in [1.82, 2.24) is 5.32 Å². The van der Waals surface area contributed by atoms with E-state index < -0.39 is 23.7 Å². The molecule has 0 aromatic heterocycles. The number of nitrogens with one attached hydrogen (secondary N) is 1. The Morgan fingerprint density at radius 1 is 1.08 bits per heavy atom. The molecule has 1 unspecified atom stereocenters. The fraction of sp³-hybridized carbons (Fsp3) is 0.278. The molecule has 1 aliphatic heterocycles. The molecule has 1 aliphatic rings. The first-order chi connectivity index (χ1) is 11.8. The van der Waals surface area contributed by atoms with E-state index >= 15 is 0 Å². The summed E-state index contributed by atoms with van der Waals surface area (Å²) in [5, 5.41) is 2.70. The standard InChI is InChI=1S/C18H16F3NO3/c1-11(12-3-2-4-14(9-12)18(19,20)21)22-17(23)13-5-6-15-16(10-13)25-8-7-24-15/h2-6,9-11H,7-8H2,1H3,(H,22,23). The summed E-state index contributed by atoms with van der Waals surface area (Å²) in [6, 6.07) is 9.11. The third-order valence-electron chi connectivity index (χ3n) is 3.87. The van der Waals surface area contributed by atoms with Crippen LogP contribution in [0.15, 0.2) is 42.5 Å². The largest absolute Gasteiger partial charge is 0.486 e. The Bertz CT molecular complexity index is 789. The number of benzene rings is 2. The average molecular weight is 351 g/mol. The van der Waals surface area contributed by atoms with Crippen molar-refractivity contribution in [3.63, 3.8) is 0 Å². The van der Waals surface area contributed by atoms with Gasteiger partial charge in [-0.3, -0.25) is 4.79 Å². The summed E-state index contributed by atoms with van der Waals surface area (Å²) in [6.07, 6.45) is -4.42. The second-order valence-corrected chi connectivity index (χ2v) is 5.68. The molecule has 1 N–H and O–H groups in total. The van der Waals surface area contributed by atoms with Crippen molar-refractivity contribution < 1.29 is 27.4 Å². The lowest BCUT2D eigenvalue weighted by Gasteiger charge is -2.20. The van der Waals surface area contributed by atoms with Crippen molar-refractivity contribution in [3.05, 3.63) is 59.2 Å². The molecule has 1 atom stereocenters. The van der Waals surface area contributed by atoms with Gasteiger partial charge in [-0.15, -0.1) is 0 Å². The van der Waals surface area contributed by atoms with Gasteiger partial charge in [0.1, 0.15) is 13.2 Å². The van der Waals surface area contributed by atoms with E-state index in [0.717, 1.165) is 12.1 Å². The van der Waals surface area contributed by atoms with E-state index in [1.165, 1.54) is 6.07 Å². The number of hydrogen-bond acceptors (Lipinski definition) is 3. The van der Waals surface area contributed by atoms with Gasteiger partial charge in [0.05, 0.1) is 11.6 Å². The van der Waals surface area contributed by atoms with Crippen LogP contribution >= 0.6 is 0 Å². The van der Waals surface area contributed by atoms with Crippen molar-refractivity contribution in [2.45, 2.75) is 19.1 Å². The van der Waals surface area contributed by atoms with Gasteiger partial charge in [0.25, 0.3) is 5.91 Å². The summed E-state index contributed by atoms with van der Waals surface area (Å²) in [5.41, 5.74) is -0.0192. The minimum Gasteiger partial charge on any atom is -0.486 e. The lowest BCUT2D eigenvalue weighted by Crippen LogP contribution is -2.27. The van der Waals surface area contributed by atoms with Crippen LogP contribution in [0.3, 0.4) is 0 Å². The maximum Gasteiger partial charge on any atom is 0.416 e. The zero-order chi connectivity index (χ0) is 18.0. The first kappa shape index (κ1) is 17.1. The molecular formula is C18H16F3NO3. The molecule has 3 rings (SSSR count). The van der Waals surface area contributed by atoms with Gasteiger partial charge in [-0.2, -0.15) is 13.2 Å². The van der Waals surface area contributed by atoms with Gasteiger partial charge < -0.3 is 14.8 Å². The molecule has 0 bridgehead atoms. The number of amides is 1. The molecule has 4 nitrogen and oxygen atoms in total. The van der Waals surface area contributed by atoms with Crippen molar-refractivity contribution in [3.8, 4) is 11.5 Å². The van der Waals surface area contributed by atoms with Gasteiger partial charge in [0.2, 0.25) is 0 Å². The third-order valence-corrected chi connectivity index (χ3v) is 3.87. The zero-order valence-electron chi connectivity index (χ0n) is 13.4. The van der Waals surface area contributed by atoms with E-state index in [2.05, 4.69) is 5.32 Å². The van der Waals surface area contributed by atoms with Crippen LogP contribution in [-0.2, 0) is 6.18 Å². The lowest BCUT2D eigenvalue weighted by molar-refractivity contribution is -0.137. The highest BCUT2D eigenvalue weighted by molar-refractivity contribution is 5.95. The van der Waals surface area contributed by atoms with Gasteiger partial charge in [-0.05, 0) is 42.8 Å². The molecule has 132 valence electrons. The molecule has 1 heterocycles. The fourth-order valence-electron chi connectivity index (χ4n) is 2.53. The molecule has 0 aliphatic carbocycles. The Labute approximate surface area is 142 Å². The van der Waals surface area contributed by atoms with Crippen LogP contribution in [-0.4, -0.2) is 19.1 Å². The topological polar surface area (TPSA) is 47.6 Å². The van der Waals surface area contributed by atoms with E-state index in [1.54, 1.807) is 31.2 Å². The molecule has 2 aromatic carbocycles. The maximum atomic E-state index is 12.8. The highest BCUT2D eigenvalue weighted by atomic mass is 19.4. The van der Waals surface area contributed by atoms with Crippen LogP contribution in [0.5, 0.6) is 11.5 Å². The SMILES string of the molecule is CC(NC(=O)c1ccc2c(c1)OCCO2)c1cccc(C(F)(F)F)c1. The van der Waals surface area contributed by atoms with Crippen LogP contribution in [0, 0.1) is 0 Å². The molecule has 0 spiro atoms. The second kappa shape index (κ2) is 6.66. The molecule has 1 amide bonds. The maximum absolute atomic E-state index is 12.8. The Morgan fingerprint density at radius 3 is 2.52 bits per heavy atom. The van der Waals surface area contributed by atoms with E-state index in [-0.39, 0.29) is 0 Å². The molecule has 0 fully saturated rings. The predicted octanol–water partition coefficient (Wildman–Crippen LogP) is 3.97. The van der Waals surface area contributed by atoms with E-state index in [9.17, 15) is 18.0 Å². The number of fused-ring (bicyclic) bond motifs is 1. The number of carbonyl (C=O) groups excluding carboxylic acids is 1. The average Bonchev–Trinajstić information content (AvgIpc) is 2.60. The second-order valence-electron chi connectivity index (χ2n) is 5.68. The number of alkyl halides is 3. The van der Waals surface area contributed by atoms with E-state index in [1.807, 2.05) is 0 Å². The quantitative estimate of drug-likeness (QED) is 0.910. The molecule has 2 aromatic rings. The van der Waals surface area contributed by atoms with Crippen molar-refractivity contribution in [2.24, 2.45) is 0 Å². The normalized spacial score (nSPS) is 14.7. The third kappa shape index (κ3) is 3.87. The molecular weight excluding hydrogens is 335 g/mol. The summed E-state index contributed by atoms with van der Waals surface area (Å²) >= 11 is 0. The fourth-order valence-corrected chi connectivity index (χ4v) is 2.53. The van der Waals surface area contributed by atoms with Gasteiger partial charge in [0, 0.05) is 5.56 Å². The van der Waals surface area contributed by atoms with Crippen LogP contribution in [0.1, 0.15) is 34.5 Å². The Hall–Kier alpha value is -2.70. The molecule has 0 radical (unpaired) electrons. The highest BCUT2D eigenvalue weighted by Gasteiger charge is 2.30. The minimum atomic E-state index is -4.42. The summed E-state index contributed by atoms with van der Waals surface area (Å²) in [4.78, 5) is 12.4. The van der Waals surface area contributed by atoms with Gasteiger partial charge >= 0.3 is 6.18 Å². The molecule has 25 heavy (non-hydrogen) atoms. The van der Waals surface area contributed by atoms with Crippen LogP contribution in [0.25, 0.3) is 0 Å². The molecule has 0 saturated heterocycles. The van der Waals surface area contributed by atoms with Crippen LogP contribution in [0.2, 0.25) is 0 Å². The lowest BCUT2D eigenvalue weighted by atomic mass is 10.0. The highest BCUT2D eigenvalue weighted by Crippen LogP contribution is 2.32. The summed E-state index contributed by atoms with van der Waals surface area (Å²) < 4.78 is 49.2. The van der Waals surface area contributed by atoms with Gasteiger partial charge in [-0.25, -0.2) is 0 Å². The molecule has 0 saturated carbocycles. The first-order valence-corrected chi connectivity index (χ1v) is 7.72. The number of rotatable bonds is 3. The molecule has 7 heteroatoms. The Morgan fingerprint density at radius 2 is 1.80 bits per heavy atom. The number of ether oxygens (including phenoxy) is 2. The summed E-state index contributed by atoms with van der Waals surface area (Å²) in [6.45, 7) is 2.48. The minimum absolute atomic E-state index is 0.350. The Kier molecular flexibility index (Phi) is 4.57. The number of carbonyl (C=O) groups is 1. The first-order valence-electron chi connectivity index (χ1n) is 7.72. The predicted molar refractivity (Wildman–Crippen MR) is 84.8 cm³/mol. The number of halogens is 3. The zero-order valence-corrected chi connectivity index (χ0v) is 13.4. The van der Waals surface area contributed by atoms with Crippen LogP contribution in [0.4, 0.5) is 13.2 Å².